The largest absolute Gasteiger partial charge is 0.311 e. The number of nitrogens with zero attached hydrogens (tertiary/aromatic N) is 3. The SMILES string of the molecule is CCC(C#N)n1c(C)nc2ccccc21. The lowest BCUT2D eigenvalue weighted by Gasteiger charge is -2.11. The summed E-state index contributed by atoms with van der Waals surface area (Å²) in [6.45, 7) is 3.96. The topological polar surface area (TPSA) is 41.6 Å². The van der Waals surface area contributed by atoms with E-state index in [0.29, 0.717) is 0 Å². The van der Waals surface area contributed by atoms with Gasteiger partial charge in [0.2, 0.25) is 0 Å². The zero-order chi connectivity index (χ0) is 10.8. The van der Waals surface area contributed by atoms with Gasteiger partial charge in [0.1, 0.15) is 11.9 Å². The number of nitriles is 1. The van der Waals surface area contributed by atoms with Crippen LogP contribution in [0.15, 0.2) is 24.3 Å². The van der Waals surface area contributed by atoms with Crippen molar-refractivity contribution in [3.05, 3.63) is 30.1 Å². The van der Waals surface area contributed by atoms with Crippen LogP contribution in [0.2, 0.25) is 0 Å². The van der Waals surface area contributed by atoms with E-state index in [-0.39, 0.29) is 6.04 Å². The van der Waals surface area contributed by atoms with Crippen LogP contribution in [-0.4, -0.2) is 9.55 Å². The molecule has 0 saturated heterocycles. The summed E-state index contributed by atoms with van der Waals surface area (Å²) in [5.74, 6) is 0.907. The minimum Gasteiger partial charge on any atom is -0.311 e. The molecule has 0 radical (unpaired) electrons. The molecule has 2 aromatic rings. The van der Waals surface area contributed by atoms with Gasteiger partial charge in [-0.15, -0.1) is 0 Å². The first-order valence-electron chi connectivity index (χ1n) is 5.11. The molecule has 0 spiro atoms. The maximum atomic E-state index is 9.08. The van der Waals surface area contributed by atoms with Crippen molar-refractivity contribution < 1.29 is 0 Å². The monoisotopic (exact) mass is 199 g/mol. The van der Waals surface area contributed by atoms with Crippen LogP contribution in [0.5, 0.6) is 0 Å². The summed E-state index contributed by atoms with van der Waals surface area (Å²) in [5.41, 5.74) is 2.01. The second kappa shape index (κ2) is 3.74. The van der Waals surface area contributed by atoms with E-state index in [1.54, 1.807) is 0 Å². The second-order valence-corrected chi connectivity index (χ2v) is 3.57. The summed E-state index contributed by atoms with van der Waals surface area (Å²) >= 11 is 0. The zero-order valence-electron chi connectivity index (χ0n) is 8.94. The Hall–Kier alpha value is -1.82. The van der Waals surface area contributed by atoms with E-state index in [4.69, 9.17) is 5.26 Å². The lowest BCUT2D eigenvalue weighted by atomic mass is 10.2. The third-order valence-corrected chi connectivity index (χ3v) is 2.62. The predicted molar refractivity (Wildman–Crippen MR) is 59.4 cm³/mol. The molecule has 1 aromatic heterocycles. The number of benzene rings is 1. The van der Waals surface area contributed by atoms with Crippen molar-refractivity contribution in [2.75, 3.05) is 0 Å². The Morgan fingerprint density at radius 2 is 2.20 bits per heavy atom. The van der Waals surface area contributed by atoms with Gasteiger partial charge in [-0.1, -0.05) is 19.1 Å². The normalized spacial score (nSPS) is 12.6. The predicted octanol–water partition coefficient (Wildman–Crippen LogP) is 2.82. The van der Waals surface area contributed by atoms with Crippen LogP contribution in [0.25, 0.3) is 11.0 Å². The van der Waals surface area contributed by atoms with Crippen LogP contribution in [0, 0.1) is 18.3 Å². The molecule has 15 heavy (non-hydrogen) atoms. The highest BCUT2D eigenvalue weighted by atomic mass is 15.1. The molecule has 0 aliphatic carbocycles. The molecule has 0 aliphatic heterocycles. The molecule has 1 atom stereocenters. The number of para-hydroxylation sites is 2. The first-order valence-corrected chi connectivity index (χ1v) is 5.11. The van der Waals surface area contributed by atoms with E-state index in [1.807, 2.05) is 42.7 Å². The molecule has 3 nitrogen and oxygen atoms in total. The van der Waals surface area contributed by atoms with Crippen molar-refractivity contribution in [3.8, 4) is 6.07 Å². The maximum absolute atomic E-state index is 9.08. The molecule has 0 N–H and O–H groups in total. The first kappa shape index (κ1) is 9.72. The molecule has 0 amide bonds. The fraction of sp³-hybridized carbons (Fsp3) is 0.333. The maximum Gasteiger partial charge on any atom is 0.122 e. The van der Waals surface area contributed by atoms with Crippen molar-refractivity contribution in [2.45, 2.75) is 26.3 Å². The highest BCUT2D eigenvalue weighted by molar-refractivity contribution is 5.76. The van der Waals surface area contributed by atoms with Gasteiger partial charge >= 0.3 is 0 Å². The average Bonchev–Trinajstić information content (AvgIpc) is 2.58. The molecular weight excluding hydrogens is 186 g/mol. The fourth-order valence-corrected chi connectivity index (χ4v) is 1.89. The third-order valence-electron chi connectivity index (χ3n) is 2.62. The molecule has 1 heterocycles. The van der Waals surface area contributed by atoms with Gasteiger partial charge in [0, 0.05) is 0 Å². The van der Waals surface area contributed by atoms with Crippen LogP contribution in [0.1, 0.15) is 25.2 Å². The molecule has 0 fully saturated rings. The van der Waals surface area contributed by atoms with Gasteiger partial charge in [0.05, 0.1) is 17.1 Å². The van der Waals surface area contributed by atoms with Crippen LogP contribution in [0.4, 0.5) is 0 Å². The number of hydrogen-bond acceptors (Lipinski definition) is 2. The lowest BCUT2D eigenvalue weighted by Crippen LogP contribution is -2.07. The molecule has 0 aliphatic rings. The van der Waals surface area contributed by atoms with Gasteiger partial charge in [-0.05, 0) is 25.5 Å². The molecule has 2 rings (SSSR count). The van der Waals surface area contributed by atoms with Crippen molar-refractivity contribution in [3.63, 3.8) is 0 Å². The number of fused-ring (bicyclic) bond motifs is 1. The van der Waals surface area contributed by atoms with E-state index in [0.717, 1.165) is 23.3 Å². The van der Waals surface area contributed by atoms with Crippen LogP contribution >= 0.6 is 0 Å². The highest BCUT2D eigenvalue weighted by Crippen LogP contribution is 2.22. The number of rotatable bonds is 2. The zero-order valence-corrected chi connectivity index (χ0v) is 8.94. The van der Waals surface area contributed by atoms with Crippen molar-refractivity contribution in [2.24, 2.45) is 0 Å². The Kier molecular flexibility index (Phi) is 2.42. The molecule has 1 aromatic carbocycles. The van der Waals surface area contributed by atoms with E-state index < -0.39 is 0 Å². The standard InChI is InChI=1S/C12H13N3/c1-3-10(8-13)15-9(2)14-11-6-4-5-7-12(11)15/h4-7,10H,3H2,1-2H3. The van der Waals surface area contributed by atoms with Gasteiger partial charge in [-0.3, -0.25) is 0 Å². The molecule has 76 valence electrons. The highest BCUT2D eigenvalue weighted by Gasteiger charge is 2.13. The average molecular weight is 199 g/mol. The van der Waals surface area contributed by atoms with Crippen molar-refractivity contribution in [1.29, 1.82) is 5.26 Å². The Morgan fingerprint density at radius 1 is 1.47 bits per heavy atom. The lowest BCUT2D eigenvalue weighted by molar-refractivity contribution is 0.597. The Bertz CT molecular complexity index is 519. The van der Waals surface area contributed by atoms with Crippen LogP contribution < -0.4 is 0 Å². The summed E-state index contributed by atoms with van der Waals surface area (Å²) in [4.78, 5) is 4.44. The quantitative estimate of drug-likeness (QED) is 0.746. The fourth-order valence-electron chi connectivity index (χ4n) is 1.89. The van der Waals surface area contributed by atoms with Gasteiger partial charge in [0.25, 0.3) is 0 Å². The summed E-state index contributed by atoms with van der Waals surface area (Å²) in [5, 5.41) is 9.08. The smallest absolute Gasteiger partial charge is 0.122 e. The summed E-state index contributed by atoms with van der Waals surface area (Å²) in [7, 11) is 0. The Labute approximate surface area is 89.0 Å². The second-order valence-electron chi connectivity index (χ2n) is 3.57. The molecular formula is C12H13N3. The Balaban J connectivity index is 2.69. The van der Waals surface area contributed by atoms with E-state index >= 15 is 0 Å². The number of hydrogen-bond donors (Lipinski definition) is 0. The van der Waals surface area contributed by atoms with E-state index in [1.165, 1.54) is 0 Å². The number of aromatic nitrogens is 2. The molecule has 1 unspecified atom stereocenters. The van der Waals surface area contributed by atoms with Gasteiger partial charge in [0.15, 0.2) is 0 Å². The van der Waals surface area contributed by atoms with E-state index in [2.05, 4.69) is 11.1 Å². The summed E-state index contributed by atoms with van der Waals surface area (Å²) < 4.78 is 2.01. The first-order chi connectivity index (χ1) is 7.27. The van der Waals surface area contributed by atoms with Crippen LogP contribution in [-0.2, 0) is 0 Å². The molecule has 3 heteroatoms. The van der Waals surface area contributed by atoms with Crippen molar-refractivity contribution >= 4 is 11.0 Å². The number of imidazole rings is 1. The third kappa shape index (κ3) is 1.48. The minimum absolute atomic E-state index is 0.114. The molecule has 0 saturated carbocycles. The van der Waals surface area contributed by atoms with Gasteiger partial charge < -0.3 is 4.57 Å². The Morgan fingerprint density at radius 3 is 2.87 bits per heavy atom. The summed E-state index contributed by atoms with van der Waals surface area (Å²) in [6, 6.07) is 10.1. The van der Waals surface area contributed by atoms with Gasteiger partial charge in [-0.2, -0.15) is 5.26 Å². The van der Waals surface area contributed by atoms with Crippen LogP contribution in [0.3, 0.4) is 0 Å². The number of aryl methyl sites for hydroxylation is 1. The molecule has 0 bridgehead atoms. The summed E-state index contributed by atoms with van der Waals surface area (Å²) in [6.07, 6.45) is 0.803. The van der Waals surface area contributed by atoms with Crippen molar-refractivity contribution in [1.82, 2.24) is 9.55 Å². The van der Waals surface area contributed by atoms with E-state index in [9.17, 15) is 0 Å². The van der Waals surface area contributed by atoms with Gasteiger partial charge in [-0.25, -0.2) is 4.98 Å². The minimum atomic E-state index is -0.114.